The lowest BCUT2D eigenvalue weighted by Gasteiger charge is -2.15. The molecule has 1 aromatic rings. The van der Waals surface area contributed by atoms with Gasteiger partial charge in [0.25, 0.3) is 0 Å². The van der Waals surface area contributed by atoms with Crippen molar-refractivity contribution in [2.75, 3.05) is 0 Å². The number of benzene rings is 1. The van der Waals surface area contributed by atoms with Crippen LogP contribution in [0.25, 0.3) is 0 Å². The van der Waals surface area contributed by atoms with E-state index in [1.165, 1.54) is 0 Å². The summed E-state index contributed by atoms with van der Waals surface area (Å²) in [7, 11) is 0. The first-order valence-corrected chi connectivity index (χ1v) is 5.25. The Balaban J connectivity index is 2.87. The lowest BCUT2D eigenvalue weighted by atomic mass is 10.1. The molecular weight excluding hydrogens is 258 g/mol. The fraction of sp³-hybridized carbons (Fsp3) is 0.182. The molecule has 0 saturated carbocycles. The van der Waals surface area contributed by atoms with Crippen LogP contribution >= 0.6 is 15.9 Å². The predicted octanol–water partition coefficient (Wildman–Crippen LogP) is 3.16. The van der Waals surface area contributed by atoms with Crippen LogP contribution in [0.4, 0.5) is 4.79 Å². The van der Waals surface area contributed by atoms with Crippen LogP contribution in [-0.4, -0.2) is 6.09 Å². The highest BCUT2D eigenvalue weighted by molar-refractivity contribution is 9.10. The highest BCUT2D eigenvalue weighted by atomic mass is 79.9. The van der Waals surface area contributed by atoms with Gasteiger partial charge in [-0.25, -0.2) is 4.79 Å². The SMILES string of the molecule is C=CCC(OC(N)=O)c1cccc(Br)c1. The van der Waals surface area contributed by atoms with Gasteiger partial charge in [0.15, 0.2) is 0 Å². The molecule has 1 aromatic carbocycles. The van der Waals surface area contributed by atoms with Crippen LogP contribution < -0.4 is 5.73 Å². The fourth-order valence-electron chi connectivity index (χ4n) is 1.25. The van der Waals surface area contributed by atoms with Gasteiger partial charge in [0.2, 0.25) is 0 Å². The van der Waals surface area contributed by atoms with E-state index in [-0.39, 0.29) is 6.10 Å². The second kappa shape index (κ2) is 5.56. The van der Waals surface area contributed by atoms with Gasteiger partial charge in [-0.05, 0) is 17.7 Å². The van der Waals surface area contributed by atoms with Crippen LogP contribution in [0.15, 0.2) is 41.4 Å². The second-order valence-electron chi connectivity index (χ2n) is 3.00. The smallest absolute Gasteiger partial charge is 0.405 e. The summed E-state index contributed by atoms with van der Waals surface area (Å²) in [6.45, 7) is 3.61. The summed E-state index contributed by atoms with van der Waals surface area (Å²) in [5, 5.41) is 0. The molecule has 0 aliphatic heterocycles. The Kier molecular flexibility index (Phi) is 4.37. The Labute approximate surface area is 97.0 Å². The van der Waals surface area contributed by atoms with Crippen LogP contribution in [0, 0.1) is 0 Å². The van der Waals surface area contributed by atoms with Gasteiger partial charge in [0, 0.05) is 10.9 Å². The quantitative estimate of drug-likeness (QED) is 0.854. The maximum Gasteiger partial charge on any atom is 0.405 e. The molecule has 0 aliphatic rings. The maximum atomic E-state index is 10.7. The topological polar surface area (TPSA) is 52.3 Å². The van der Waals surface area contributed by atoms with Gasteiger partial charge in [-0.2, -0.15) is 0 Å². The number of halogens is 1. The van der Waals surface area contributed by atoms with E-state index in [1.807, 2.05) is 24.3 Å². The number of nitrogens with two attached hydrogens (primary N) is 1. The third-order valence-electron chi connectivity index (χ3n) is 1.86. The first kappa shape index (κ1) is 11.8. The molecule has 80 valence electrons. The second-order valence-corrected chi connectivity index (χ2v) is 3.92. The summed E-state index contributed by atoms with van der Waals surface area (Å²) in [5.74, 6) is 0. The van der Waals surface area contributed by atoms with Gasteiger partial charge in [-0.1, -0.05) is 34.1 Å². The lowest BCUT2D eigenvalue weighted by molar-refractivity contribution is 0.108. The van der Waals surface area contributed by atoms with Crippen molar-refractivity contribution in [2.45, 2.75) is 12.5 Å². The molecular formula is C11H12BrNO2. The standard InChI is InChI=1S/C11H12BrNO2/c1-2-4-10(15-11(13)14)8-5-3-6-9(12)7-8/h2-3,5-7,10H,1,4H2,(H2,13,14). The molecule has 0 aromatic heterocycles. The van der Waals surface area contributed by atoms with Crippen molar-refractivity contribution in [2.24, 2.45) is 5.73 Å². The van der Waals surface area contributed by atoms with Crippen molar-refractivity contribution in [3.8, 4) is 0 Å². The average Bonchev–Trinajstić information content (AvgIpc) is 2.16. The maximum absolute atomic E-state index is 10.7. The van der Waals surface area contributed by atoms with E-state index >= 15 is 0 Å². The van der Waals surface area contributed by atoms with Gasteiger partial charge in [0.1, 0.15) is 6.10 Å². The number of carbonyl (C=O) groups excluding carboxylic acids is 1. The van der Waals surface area contributed by atoms with Crippen LogP contribution in [0.2, 0.25) is 0 Å². The minimum Gasteiger partial charge on any atom is -0.441 e. The predicted molar refractivity (Wildman–Crippen MR) is 62.4 cm³/mol. The summed E-state index contributed by atoms with van der Waals surface area (Å²) in [4.78, 5) is 10.7. The largest absolute Gasteiger partial charge is 0.441 e. The third kappa shape index (κ3) is 3.75. The zero-order valence-electron chi connectivity index (χ0n) is 8.15. The summed E-state index contributed by atoms with van der Waals surface area (Å²) < 4.78 is 5.91. The number of ether oxygens (including phenoxy) is 1. The minimum atomic E-state index is -0.776. The van der Waals surface area contributed by atoms with Crippen molar-refractivity contribution < 1.29 is 9.53 Å². The van der Waals surface area contributed by atoms with Gasteiger partial charge in [-0.15, -0.1) is 6.58 Å². The molecule has 0 saturated heterocycles. The van der Waals surface area contributed by atoms with E-state index in [0.29, 0.717) is 6.42 Å². The van der Waals surface area contributed by atoms with Gasteiger partial charge in [0.05, 0.1) is 0 Å². The number of amides is 1. The van der Waals surface area contributed by atoms with Crippen molar-refractivity contribution in [1.82, 2.24) is 0 Å². The number of primary amides is 1. The summed E-state index contributed by atoms with van der Waals surface area (Å²) >= 11 is 3.35. The Hall–Kier alpha value is -1.29. The Morgan fingerprint density at radius 3 is 2.93 bits per heavy atom. The Morgan fingerprint density at radius 1 is 1.67 bits per heavy atom. The van der Waals surface area contributed by atoms with Crippen LogP contribution in [0.5, 0.6) is 0 Å². The normalized spacial score (nSPS) is 11.8. The molecule has 0 spiro atoms. The van der Waals surface area contributed by atoms with E-state index in [4.69, 9.17) is 10.5 Å². The van der Waals surface area contributed by atoms with E-state index < -0.39 is 6.09 Å². The van der Waals surface area contributed by atoms with E-state index in [0.717, 1.165) is 10.0 Å². The molecule has 4 heteroatoms. The lowest BCUT2D eigenvalue weighted by Crippen LogP contribution is -2.17. The van der Waals surface area contributed by atoms with Crippen molar-refractivity contribution in [3.63, 3.8) is 0 Å². The molecule has 15 heavy (non-hydrogen) atoms. The Morgan fingerprint density at radius 2 is 2.40 bits per heavy atom. The summed E-state index contributed by atoms with van der Waals surface area (Å²) in [6, 6.07) is 7.54. The van der Waals surface area contributed by atoms with Crippen LogP contribution in [0.3, 0.4) is 0 Å². The number of hydrogen-bond acceptors (Lipinski definition) is 2. The summed E-state index contributed by atoms with van der Waals surface area (Å²) in [6.07, 6.45) is 1.09. The van der Waals surface area contributed by atoms with E-state index in [2.05, 4.69) is 22.5 Å². The molecule has 2 N–H and O–H groups in total. The van der Waals surface area contributed by atoms with Crippen LogP contribution in [-0.2, 0) is 4.74 Å². The Bertz CT molecular complexity index is 365. The highest BCUT2D eigenvalue weighted by Gasteiger charge is 2.13. The van der Waals surface area contributed by atoms with E-state index in [9.17, 15) is 4.79 Å². The molecule has 0 radical (unpaired) electrons. The fourth-order valence-corrected chi connectivity index (χ4v) is 1.67. The number of rotatable bonds is 4. The van der Waals surface area contributed by atoms with Gasteiger partial charge >= 0.3 is 6.09 Å². The molecule has 1 amide bonds. The molecule has 0 fully saturated rings. The average molecular weight is 270 g/mol. The highest BCUT2D eigenvalue weighted by Crippen LogP contribution is 2.24. The molecule has 1 rings (SSSR count). The van der Waals surface area contributed by atoms with Crippen molar-refractivity contribution in [1.29, 1.82) is 0 Å². The molecule has 3 nitrogen and oxygen atoms in total. The zero-order chi connectivity index (χ0) is 11.3. The first-order valence-electron chi connectivity index (χ1n) is 4.46. The number of hydrogen-bond donors (Lipinski definition) is 1. The van der Waals surface area contributed by atoms with Crippen molar-refractivity contribution in [3.05, 3.63) is 47.0 Å². The number of carbonyl (C=O) groups is 1. The van der Waals surface area contributed by atoms with Gasteiger partial charge < -0.3 is 10.5 Å². The summed E-state index contributed by atoms with van der Waals surface area (Å²) in [5.41, 5.74) is 5.88. The molecule has 1 atom stereocenters. The molecule has 0 aliphatic carbocycles. The molecule has 0 bridgehead atoms. The van der Waals surface area contributed by atoms with E-state index in [1.54, 1.807) is 6.08 Å². The zero-order valence-corrected chi connectivity index (χ0v) is 9.74. The van der Waals surface area contributed by atoms with Crippen molar-refractivity contribution >= 4 is 22.0 Å². The third-order valence-corrected chi connectivity index (χ3v) is 2.35. The van der Waals surface area contributed by atoms with Gasteiger partial charge in [-0.3, -0.25) is 0 Å². The minimum absolute atomic E-state index is 0.363. The van der Waals surface area contributed by atoms with Crippen LogP contribution in [0.1, 0.15) is 18.1 Å². The first-order chi connectivity index (χ1) is 7.13. The molecule has 1 unspecified atom stereocenters. The molecule has 0 heterocycles. The monoisotopic (exact) mass is 269 g/mol.